The number of pyridine rings is 1. The lowest BCUT2D eigenvalue weighted by molar-refractivity contribution is 0.694. The summed E-state index contributed by atoms with van der Waals surface area (Å²) in [5.41, 5.74) is 3.55. The summed E-state index contributed by atoms with van der Waals surface area (Å²) in [6, 6.07) is 6.09. The van der Waals surface area contributed by atoms with Gasteiger partial charge in [0.05, 0.1) is 17.9 Å². The number of hydrogen-bond acceptors (Lipinski definition) is 3. The van der Waals surface area contributed by atoms with E-state index in [1.807, 2.05) is 53.2 Å². The predicted octanol–water partition coefficient (Wildman–Crippen LogP) is 1.36. The first kappa shape index (κ1) is 11.0. The third-order valence-electron chi connectivity index (χ3n) is 2.91. The molecular formula is C13H15N5. The molecule has 3 heterocycles. The largest absolute Gasteiger partial charge is 0.308 e. The van der Waals surface area contributed by atoms with Gasteiger partial charge in [0.1, 0.15) is 0 Å². The van der Waals surface area contributed by atoms with Crippen LogP contribution in [0.15, 0.2) is 43.0 Å². The van der Waals surface area contributed by atoms with E-state index in [2.05, 4.69) is 21.6 Å². The zero-order valence-electron chi connectivity index (χ0n) is 10.2. The molecular weight excluding hydrogens is 226 g/mol. The fourth-order valence-electron chi connectivity index (χ4n) is 2.03. The summed E-state index contributed by atoms with van der Waals surface area (Å²) in [6.07, 6.45) is 7.76. The first-order chi connectivity index (χ1) is 8.83. The second kappa shape index (κ2) is 4.62. The minimum Gasteiger partial charge on any atom is -0.308 e. The molecule has 0 saturated heterocycles. The summed E-state index contributed by atoms with van der Waals surface area (Å²) >= 11 is 0. The van der Waals surface area contributed by atoms with Crippen molar-refractivity contribution < 1.29 is 0 Å². The Balaban J connectivity index is 1.66. The Kier molecular flexibility index (Phi) is 2.82. The molecule has 0 unspecified atom stereocenters. The van der Waals surface area contributed by atoms with Crippen molar-refractivity contribution in [2.75, 3.05) is 0 Å². The molecule has 0 fully saturated rings. The summed E-state index contributed by atoms with van der Waals surface area (Å²) in [4.78, 5) is 0. The average molecular weight is 241 g/mol. The van der Waals surface area contributed by atoms with Crippen LogP contribution in [0.1, 0.15) is 11.1 Å². The number of nitrogens with one attached hydrogen (secondary N) is 1. The third-order valence-corrected chi connectivity index (χ3v) is 2.91. The molecule has 1 N–H and O–H groups in total. The highest BCUT2D eigenvalue weighted by Gasteiger charge is 2.02. The Labute approximate surface area is 105 Å². The van der Waals surface area contributed by atoms with E-state index in [-0.39, 0.29) is 0 Å². The molecule has 0 atom stereocenters. The van der Waals surface area contributed by atoms with E-state index in [0.717, 1.165) is 18.6 Å². The molecule has 0 saturated carbocycles. The van der Waals surface area contributed by atoms with Crippen molar-refractivity contribution in [1.29, 1.82) is 0 Å². The average Bonchev–Trinajstić information content (AvgIpc) is 2.97. The normalized spacial score (nSPS) is 11.2. The third kappa shape index (κ3) is 2.12. The fourth-order valence-corrected chi connectivity index (χ4v) is 2.03. The number of rotatable bonds is 4. The minimum atomic E-state index is 0.808. The Morgan fingerprint density at radius 2 is 2.11 bits per heavy atom. The van der Waals surface area contributed by atoms with Gasteiger partial charge in [-0.2, -0.15) is 10.2 Å². The maximum absolute atomic E-state index is 4.31. The number of nitrogens with zero attached hydrogens (tertiary/aromatic N) is 4. The molecule has 0 aliphatic carbocycles. The highest BCUT2D eigenvalue weighted by atomic mass is 15.2. The molecule has 92 valence electrons. The number of aromatic nitrogens is 4. The van der Waals surface area contributed by atoms with Gasteiger partial charge < -0.3 is 5.32 Å². The van der Waals surface area contributed by atoms with Crippen molar-refractivity contribution in [1.82, 2.24) is 24.7 Å². The maximum Gasteiger partial charge on any atom is 0.0706 e. The summed E-state index contributed by atoms with van der Waals surface area (Å²) in [5, 5.41) is 11.9. The number of fused-ring (bicyclic) bond motifs is 1. The number of aryl methyl sites for hydroxylation is 1. The topological polar surface area (TPSA) is 47.2 Å². The van der Waals surface area contributed by atoms with Crippen molar-refractivity contribution in [3.63, 3.8) is 0 Å². The van der Waals surface area contributed by atoms with Crippen LogP contribution in [0.2, 0.25) is 0 Å². The van der Waals surface area contributed by atoms with Crippen LogP contribution < -0.4 is 5.32 Å². The van der Waals surface area contributed by atoms with Crippen LogP contribution in [-0.2, 0) is 20.1 Å². The molecule has 0 aliphatic rings. The van der Waals surface area contributed by atoms with Crippen LogP contribution in [0.4, 0.5) is 0 Å². The SMILES string of the molecule is Cn1cc(CNCc2cnn3ccccc23)cn1. The van der Waals surface area contributed by atoms with E-state index in [4.69, 9.17) is 0 Å². The molecule has 0 aliphatic heterocycles. The molecule has 0 spiro atoms. The summed E-state index contributed by atoms with van der Waals surface area (Å²) in [6.45, 7) is 1.63. The van der Waals surface area contributed by atoms with Crippen molar-refractivity contribution >= 4 is 5.52 Å². The van der Waals surface area contributed by atoms with Gasteiger partial charge in [-0.25, -0.2) is 4.52 Å². The van der Waals surface area contributed by atoms with Gasteiger partial charge >= 0.3 is 0 Å². The van der Waals surface area contributed by atoms with E-state index in [1.54, 1.807) is 0 Å². The lowest BCUT2D eigenvalue weighted by Crippen LogP contribution is -2.12. The molecule has 3 aromatic rings. The van der Waals surface area contributed by atoms with E-state index in [0.29, 0.717) is 0 Å². The van der Waals surface area contributed by atoms with Gasteiger partial charge in [0, 0.05) is 43.7 Å². The Morgan fingerprint density at radius 3 is 2.94 bits per heavy atom. The molecule has 0 radical (unpaired) electrons. The summed E-state index contributed by atoms with van der Waals surface area (Å²) in [7, 11) is 1.93. The first-order valence-corrected chi connectivity index (χ1v) is 5.92. The quantitative estimate of drug-likeness (QED) is 0.750. The highest BCUT2D eigenvalue weighted by Crippen LogP contribution is 2.09. The Morgan fingerprint density at radius 1 is 1.17 bits per heavy atom. The molecule has 18 heavy (non-hydrogen) atoms. The standard InChI is InChI=1S/C13H15N5/c1-17-10-11(7-15-17)6-14-8-12-9-16-18-5-3-2-4-13(12)18/h2-5,7,9-10,14H,6,8H2,1H3. The van der Waals surface area contributed by atoms with Crippen LogP contribution >= 0.6 is 0 Å². The van der Waals surface area contributed by atoms with Crippen LogP contribution in [0, 0.1) is 0 Å². The van der Waals surface area contributed by atoms with Gasteiger partial charge in [-0.15, -0.1) is 0 Å². The van der Waals surface area contributed by atoms with Gasteiger partial charge in [-0.05, 0) is 12.1 Å². The molecule has 3 aromatic heterocycles. The minimum absolute atomic E-state index is 0.808. The van der Waals surface area contributed by atoms with Crippen LogP contribution in [0.3, 0.4) is 0 Å². The van der Waals surface area contributed by atoms with Crippen molar-refractivity contribution in [2.45, 2.75) is 13.1 Å². The van der Waals surface area contributed by atoms with E-state index < -0.39 is 0 Å². The van der Waals surface area contributed by atoms with Crippen LogP contribution in [-0.4, -0.2) is 19.4 Å². The molecule has 0 aromatic carbocycles. The zero-order chi connectivity index (χ0) is 12.4. The molecule has 5 heteroatoms. The highest BCUT2D eigenvalue weighted by molar-refractivity contribution is 5.53. The zero-order valence-corrected chi connectivity index (χ0v) is 10.2. The fraction of sp³-hybridized carbons (Fsp3) is 0.231. The Bertz CT molecular complexity index is 652. The predicted molar refractivity (Wildman–Crippen MR) is 68.9 cm³/mol. The second-order valence-electron chi connectivity index (χ2n) is 4.33. The van der Waals surface area contributed by atoms with Crippen molar-refractivity contribution in [2.24, 2.45) is 7.05 Å². The van der Waals surface area contributed by atoms with Gasteiger partial charge in [-0.1, -0.05) is 6.07 Å². The van der Waals surface area contributed by atoms with Crippen LogP contribution in [0.25, 0.3) is 5.52 Å². The summed E-state index contributed by atoms with van der Waals surface area (Å²) < 4.78 is 3.70. The van der Waals surface area contributed by atoms with Gasteiger partial charge in [0.25, 0.3) is 0 Å². The van der Waals surface area contributed by atoms with Crippen LogP contribution in [0.5, 0.6) is 0 Å². The number of hydrogen-bond donors (Lipinski definition) is 1. The maximum atomic E-state index is 4.31. The second-order valence-corrected chi connectivity index (χ2v) is 4.33. The molecule has 0 bridgehead atoms. The van der Waals surface area contributed by atoms with Crippen molar-refractivity contribution in [3.8, 4) is 0 Å². The lowest BCUT2D eigenvalue weighted by atomic mass is 10.2. The lowest BCUT2D eigenvalue weighted by Gasteiger charge is -2.01. The van der Waals surface area contributed by atoms with Gasteiger partial charge in [-0.3, -0.25) is 4.68 Å². The van der Waals surface area contributed by atoms with E-state index >= 15 is 0 Å². The Hall–Kier alpha value is -2.14. The van der Waals surface area contributed by atoms with Gasteiger partial charge in [0.15, 0.2) is 0 Å². The van der Waals surface area contributed by atoms with Crippen molar-refractivity contribution in [3.05, 3.63) is 54.1 Å². The van der Waals surface area contributed by atoms with E-state index in [1.165, 1.54) is 11.1 Å². The first-order valence-electron chi connectivity index (χ1n) is 5.92. The molecule has 0 amide bonds. The molecule has 3 rings (SSSR count). The molecule has 5 nitrogen and oxygen atoms in total. The monoisotopic (exact) mass is 241 g/mol. The van der Waals surface area contributed by atoms with Gasteiger partial charge in [0.2, 0.25) is 0 Å². The van der Waals surface area contributed by atoms with E-state index in [9.17, 15) is 0 Å². The summed E-state index contributed by atoms with van der Waals surface area (Å²) in [5.74, 6) is 0. The smallest absolute Gasteiger partial charge is 0.0706 e.